The van der Waals surface area contributed by atoms with E-state index >= 15 is 0 Å². The van der Waals surface area contributed by atoms with Gasteiger partial charge in [-0.2, -0.15) is 0 Å². The van der Waals surface area contributed by atoms with Crippen LogP contribution in [0.2, 0.25) is 0 Å². The number of nitrogens with one attached hydrogen (secondary N) is 5. The molecule has 0 spiro atoms. The SMILES string of the molecule is COC(=O)[C@@H](NC(=O)N[C@H](C(=O)N[C@H]1CCCCNC(=O)/C=C\[C@H](Cc2ccc(C)cc2)NC1=O)C(C)C)C(C)C. The fraction of sp³-hybridized carbons (Fsp3) is 0.567. The van der Waals surface area contributed by atoms with Gasteiger partial charge in [-0.05, 0) is 50.0 Å². The van der Waals surface area contributed by atoms with E-state index in [1.807, 2.05) is 31.2 Å². The number of carbonyl (C=O) groups is 5. The van der Waals surface area contributed by atoms with Gasteiger partial charge in [0.1, 0.15) is 18.1 Å². The van der Waals surface area contributed by atoms with Crippen LogP contribution in [0.5, 0.6) is 0 Å². The number of hydrogen-bond donors (Lipinski definition) is 5. The summed E-state index contributed by atoms with van der Waals surface area (Å²) in [5, 5.41) is 13.8. The number of methoxy groups -OCH3 is 1. The van der Waals surface area contributed by atoms with Crippen LogP contribution in [0.15, 0.2) is 36.4 Å². The predicted molar refractivity (Wildman–Crippen MR) is 156 cm³/mol. The zero-order valence-corrected chi connectivity index (χ0v) is 24.9. The zero-order valence-electron chi connectivity index (χ0n) is 24.9. The molecule has 0 saturated heterocycles. The van der Waals surface area contributed by atoms with Gasteiger partial charge in [0.05, 0.1) is 13.2 Å². The summed E-state index contributed by atoms with van der Waals surface area (Å²) in [5.74, 6) is -2.24. The standard InChI is InChI=1S/C30H45N5O6/c1-18(2)25(34-30(40)35-26(19(3)4)29(39)41-6)28(38)33-23-9-7-8-16-31-24(36)15-14-22(32-27(23)37)17-21-12-10-20(5)11-13-21/h10-15,18-19,22-23,25-26H,7-9,16-17H2,1-6H3,(H,31,36)(H,32,37)(H,33,38)(H2,34,35,40)/b15-14-/t22-,23+,25+,26+/m1/s1. The minimum Gasteiger partial charge on any atom is -0.467 e. The van der Waals surface area contributed by atoms with E-state index in [0.717, 1.165) is 11.1 Å². The lowest BCUT2D eigenvalue weighted by molar-refractivity contribution is -0.144. The Morgan fingerprint density at radius 3 is 2.22 bits per heavy atom. The summed E-state index contributed by atoms with van der Waals surface area (Å²) in [5.41, 5.74) is 2.10. The Labute approximate surface area is 242 Å². The molecule has 1 aliphatic heterocycles. The molecule has 1 heterocycles. The van der Waals surface area contributed by atoms with Crippen molar-refractivity contribution in [2.45, 2.75) is 84.5 Å². The van der Waals surface area contributed by atoms with Gasteiger partial charge in [-0.15, -0.1) is 0 Å². The van der Waals surface area contributed by atoms with Crippen LogP contribution in [0.3, 0.4) is 0 Å². The summed E-state index contributed by atoms with van der Waals surface area (Å²) in [7, 11) is 1.24. The first-order valence-electron chi connectivity index (χ1n) is 14.2. The second-order valence-electron chi connectivity index (χ2n) is 11.1. The number of benzene rings is 1. The van der Waals surface area contributed by atoms with Crippen LogP contribution in [0.25, 0.3) is 0 Å². The van der Waals surface area contributed by atoms with E-state index in [-0.39, 0.29) is 23.7 Å². The maximum absolute atomic E-state index is 13.4. The number of urea groups is 1. The van der Waals surface area contributed by atoms with Crippen molar-refractivity contribution in [3.05, 3.63) is 47.5 Å². The molecule has 1 aliphatic rings. The lowest BCUT2D eigenvalue weighted by Gasteiger charge is -2.27. The van der Waals surface area contributed by atoms with Crippen molar-refractivity contribution in [3.63, 3.8) is 0 Å². The Kier molecular flexibility index (Phi) is 13.3. The quantitative estimate of drug-likeness (QED) is 0.285. The van der Waals surface area contributed by atoms with E-state index in [2.05, 4.69) is 26.6 Å². The van der Waals surface area contributed by atoms with E-state index in [4.69, 9.17) is 4.74 Å². The van der Waals surface area contributed by atoms with E-state index < -0.39 is 42.1 Å². The van der Waals surface area contributed by atoms with Crippen LogP contribution < -0.4 is 26.6 Å². The summed E-state index contributed by atoms with van der Waals surface area (Å²) in [4.78, 5) is 63.8. The molecule has 0 fully saturated rings. The fourth-order valence-electron chi connectivity index (χ4n) is 4.39. The molecule has 11 heteroatoms. The average Bonchev–Trinajstić information content (AvgIpc) is 2.92. The molecule has 0 radical (unpaired) electrons. The normalized spacial score (nSPS) is 20.4. The molecule has 11 nitrogen and oxygen atoms in total. The second kappa shape index (κ2) is 16.4. The summed E-state index contributed by atoms with van der Waals surface area (Å²) in [6.07, 6.45) is 5.10. The third-order valence-electron chi connectivity index (χ3n) is 6.88. The largest absolute Gasteiger partial charge is 0.467 e. The van der Waals surface area contributed by atoms with Gasteiger partial charge in [-0.25, -0.2) is 9.59 Å². The van der Waals surface area contributed by atoms with E-state index in [9.17, 15) is 24.0 Å². The molecule has 1 aromatic rings. The van der Waals surface area contributed by atoms with Crippen LogP contribution in [0.1, 0.15) is 58.1 Å². The van der Waals surface area contributed by atoms with Crippen molar-refractivity contribution in [2.75, 3.05) is 13.7 Å². The molecule has 4 atom stereocenters. The maximum atomic E-state index is 13.4. The number of carbonyl (C=O) groups excluding carboxylic acids is 5. The molecule has 226 valence electrons. The highest BCUT2D eigenvalue weighted by Gasteiger charge is 2.31. The predicted octanol–water partition coefficient (Wildman–Crippen LogP) is 1.88. The molecular weight excluding hydrogens is 526 g/mol. The number of rotatable bonds is 9. The van der Waals surface area contributed by atoms with Gasteiger partial charge in [-0.3, -0.25) is 14.4 Å². The van der Waals surface area contributed by atoms with Crippen molar-refractivity contribution in [2.24, 2.45) is 11.8 Å². The Hall–Kier alpha value is -3.89. The summed E-state index contributed by atoms with van der Waals surface area (Å²) in [6, 6.07) is 4.04. The van der Waals surface area contributed by atoms with Crippen LogP contribution >= 0.6 is 0 Å². The lowest BCUT2D eigenvalue weighted by Crippen LogP contribution is -2.59. The highest BCUT2D eigenvalue weighted by Crippen LogP contribution is 2.11. The number of ether oxygens (including phenoxy) is 1. The Morgan fingerprint density at radius 2 is 1.61 bits per heavy atom. The van der Waals surface area contributed by atoms with Crippen LogP contribution in [-0.2, 0) is 30.3 Å². The topological polar surface area (TPSA) is 155 Å². The molecular formula is C30H45N5O6. The van der Waals surface area contributed by atoms with Gasteiger partial charge in [0.25, 0.3) is 0 Å². The Bertz CT molecular complexity index is 1090. The molecule has 1 aromatic carbocycles. The first-order chi connectivity index (χ1) is 19.4. The maximum Gasteiger partial charge on any atom is 0.328 e. The molecule has 0 aromatic heterocycles. The van der Waals surface area contributed by atoms with Crippen molar-refractivity contribution in [3.8, 4) is 0 Å². The first-order valence-corrected chi connectivity index (χ1v) is 14.2. The molecule has 41 heavy (non-hydrogen) atoms. The highest BCUT2D eigenvalue weighted by molar-refractivity contribution is 5.93. The molecule has 5 N–H and O–H groups in total. The zero-order chi connectivity index (χ0) is 30.5. The van der Waals surface area contributed by atoms with E-state index in [1.165, 1.54) is 13.2 Å². The summed E-state index contributed by atoms with van der Waals surface area (Å²) in [6.45, 7) is 9.52. The third kappa shape index (κ3) is 11.3. The summed E-state index contributed by atoms with van der Waals surface area (Å²) < 4.78 is 4.77. The summed E-state index contributed by atoms with van der Waals surface area (Å²) >= 11 is 0. The van der Waals surface area contributed by atoms with Gasteiger partial charge in [0.2, 0.25) is 17.7 Å². The molecule has 0 aliphatic carbocycles. The van der Waals surface area contributed by atoms with Gasteiger partial charge in [-0.1, -0.05) is 63.6 Å². The third-order valence-corrected chi connectivity index (χ3v) is 6.88. The van der Waals surface area contributed by atoms with Gasteiger partial charge in [0, 0.05) is 12.6 Å². The van der Waals surface area contributed by atoms with Crippen molar-refractivity contribution < 1.29 is 28.7 Å². The van der Waals surface area contributed by atoms with Crippen molar-refractivity contribution in [1.82, 2.24) is 26.6 Å². The highest BCUT2D eigenvalue weighted by atomic mass is 16.5. The van der Waals surface area contributed by atoms with Crippen LogP contribution in [0.4, 0.5) is 4.79 Å². The van der Waals surface area contributed by atoms with Crippen LogP contribution in [0, 0.1) is 18.8 Å². The van der Waals surface area contributed by atoms with Gasteiger partial charge >= 0.3 is 12.0 Å². The van der Waals surface area contributed by atoms with Crippen molar-refractivity contribution in [1.29, 1.82) is 0 Å². The second-order valence-corrected chi connectivity index (χ2v) is 11.1. The Balaban J connectivity index is 2.18. The van der Waals surface area contributed by atoms with Gasteiger partial charge in [0.15, 0.2) is 0 Å². The minimum absolute atomic E-state index is 0.227. The van der Waals surface area contributed by atoms with E-state index in [1.54, 1.807) is 33.8 Å². The van der Waals surface area contributed by atoms with Crippen LogP contribution in [-0.4, -0.2) is 67.5 Å². The minimum atomic E-state index is -0.961. The number of hydrogen-bond acceptors (Lipinski definition) is 6. The number of aryl methyl sites for hydroxylation is 1. The fourth-order valence-corrected chi connectivity index (χ4v) is 4.39. The number of amides is 5. The smallest absolute Gasteiger partial charge is 0.328 e. The molecule has 0 bridgehead atoms. The molecule has 2 rings (SSSR count). The molecule has 0 unspecified atom stereocenters. The number of esters is 1. The molecule has 5 amide bonds. The van der Waals surface area contributed by atoms with E-state index in [0.29, 0.717) is 32.2 Å². The Morgan fingerprint density at radius 1 is 0.976 bits per heavy atom. The van der Waals surface area contributed by atoms with Crippen molar-refractivity contribution >= 4 is 29.7 Å². The van der Waals surface area contributed by atoms with Gasteiger partial charge < -0.3 is 31.3 Å². The monoisotopic (exact) mass is 571 g/mol. The average molecular weight is 572 g/mol. The molecule has 0 saturated carbocycles. The first kappa shape index (κ1) is 33.3. The lowest BCUT2D eigenvalue weighted by atomic mass is 10.0.